The Morgan fingerprint density at radius 1 is 1.28 bits per heavy atom. The van der Waals surface area contributed by atoms with Gasteiger partial charge in [-0.1, -0.05) is 31.2 Å². The van der Waals surface area contributed by atoms with E-state index < -0.39 is 0 Å². The highest BCUT2D eigenvalue weighted by Gasteiger charge is 2.17. The zero-order chi connectivity index (χ0) is 13.6. The van der Waals surface area contributed by atoms with Crippen LogP contribution in [0.2, 0.25) is 0 Å². The monoisotopic (exact) mass is 248 g/mol. The summed E-state index contributed by atoms with van der Waals surface area (Å²) < 4.78 is 0. The molecule has 0 aliphatic rings. The third kappa shape index (κ3) is 4.88. The van der Waals surface area contributed by atoms with Crippen LogP contribution in [0.15, 0.2) is 24.3 Å². The number of rotatable bonds is 6. The van der Waals surface area contributed by atoms with Gasteiger partial charge in [0.15, 0.2) is 0 Å². The molecule has 18 heavy (non-hydrogen) atoms. The summed E-state index contributed by atoms with van der Waals surface area (Å²) in [6.07, 6.45) is 0.927. The standard InChI is InChI=1S/C15H24N2O/c1-5-15(3,4)17-14(18)11-16-10-13-9-7-6-8-12(13)2/h6-9,16H,5,10-11H2,1-4H3,(H,17,18). The molecule has 0 aliphatic carbocycles. The van der Waals surface area contributed by atoms with Gasteiger partial charge in [0.05, 0.1) is 6.54 Å². The summed E-state index contributed by atoms with van der Waals surface area (Å²) in [6.45, 7) is 9.31. The van der Waals surface area contributed by atoms with Crippen molar-refractivity contribution in [3.63, 3.8) is 0 Å². The Hall–Kier alpha value is -1.35. The molecule has 1 rings (SSSR count). The van der Waals surface area contributed by atoms with Crippen LogP contribution in [0, 0.1) is 6.92 Å². The molecule has 1 aromatic rings. The summed E-state index contributed by atoms with van der Waals surface area (Å²) in [7, 11) is 0. The third-order valence-corrected chi connectivity index (χ3v) is 3.22. The number of carbonyl (C=O) groups is 1. The molecule has 100 valence electrons. The minimum Gasteiger partial charge on any atom is -0.350 e. The lowest BCUT2D eigenvalue weighted by Gasteiger charge is -2.24. The molecule has 1 amide bonds. The zero-order valence-corrected chi connectivity index (χ0v) is 11.8. The van der Waals surface area contributed by atoms with E-state index in [-0.39, 0.29) is 11.4 Å². The normalized spacial score (nSPS) is 11.3. The van der Waals surface area contributed by atoms with Crippen LogP contribution >= 0.6 is 0 Å². The molecule has 2 N–H and O–H groups in total. The van der Waals surface area contributed by atoms with Crippen molar-refractivity contribution in [3.05, 3.63) is 35.4 Å². The van der Waals surface area contributed by atoms with Crippen molar-refractivity contribution in [2.24, 2.45) is 0 Å². The van der Waals surface area contributed by atoms with E-state index in [9.17, 15) is 4.79 Å². The number of aryl methyl sites for hydroxylation is 1. The average Bonchev–Trinajstić information content (AvgIpc) is 2.31. The van der Waals surface area contributed by atoms with Gasteiger partial charge in [0.25, 0.3) is 0 Å². The minimum absolute atomic E-state index is 0.0513. The Labute approximate surface area is 110 Å². The first-order chi connectivity index (χ1) is 8.44. The second kappa shape index (κ2) is 6.55. The fourth-order valence-corrected chi connectivity index (χ4v) is 1.63. The van der Waals surface area contributed by atoms with E-state index in [1.807, 2.05) is 26.0 Å². The highest BCUT2D eigenvalue weighted by atomic mass is 16.2. The highest BCUT2D eigenvalue weighted by molar-refractivity contribution is 5.78. The molecule has 0 radical (unpaired) electrons. The number of benzene rings is 1. The van der Waals surface area contributed by atoms with Crippen molar-refractivity contribution in [2.45, 2.75) is 46.2 Å². The molecule has 0 saturated carbocycles. The van der Waals surface area contributed by atoms with Gasteiger partial charge in [0, 0.05) is 12.1 Å². The van der Waals surface area contributed by atoms with Crippen LogP contribution < -0.4 is 10.6 Å². The first-order valence-electron chi connectivity index (χ1n) is 6.51. The molecule has 1 aromatic carbocycles. The Balaban J connectivity index is 2.34. The van der Waals surface area contributed by atoms with E-state index in [0.717, 1.165) is 13.0 Å². The second-order valence-corrected chi connectivity index (χ2v) is 5.32. The zero-order valence-electron chi connectivity index (χ0n) is 11.8. The number of hydrogen-bond acceptors (Lipinski definition) is 2. The summed E-state index contributed by atoms with van der Waals surface area (Å²) in [5, 5.41) is 6.18. The van der Waals surface area contributed by atoms with Gasteiger partial charge in [-0.3, -0.25) is 4.79 Å². The Morgan fingerprint density at radius 3 is 2.56 bits per heavy atom. The maximum atomic E-state index is 11.7. The lowest BCUT2D eigenvalue weighted by molar-refractivity contribution is -0.121. The average molecular weight is 248 g/mol. The fourth-order valence-electron chi connectivity index (χ4n) is 1.63. The van der Waals surface area contributed by atoms with E-state index in [4.69, 9.17) is 0 Å². The molecule has 0 aromatic heterocycles. The van der Waals surface area contributed by atoms with Crippen LogP contribution in [-0.2, 0) is 11.3 Å². The third-order valence-electron chi connectivity index (χ3n) is 3.22. The van der Waals surface area contributed by atoms with Crippen molar-refractivity contribution in [1.82, 2.24) is 10.6 Å². The molecule has 0 unspecified atom stereocenters. The highest BCUT2D eigenvalue weighted by Crippen LogP contribution is 2.07. The molecule has 0 atom stereocenters. The minimum atomic E-state index is -0.124. The van der Waals surface area contributed by atoms with Crippen molar-refractivity contribution >= 4 is 5.91 Å². The van der Waals surface area contributed by atoms with Gasteiger partial charge < -0.3 is 10.6 Å². The molecule has 3 heteroatoms. The predicted octanol–water partition coefficient (Wildman–Crippen LogP) is 2.39. The summed E-state index contributed by atoms with van der Waals surface area (Å²) in [5.74, 6) is 0.0513. The Kier molecular flexibility index (Phi) is 5.35. The van der Waals surface area contributed by atoms with Crippen LogP contribution in [0.5, 0.6) is 0 Å². The van der Waals surface area contributed by atoms with Crippen LogP contribution in [0.1, 0.15) is 38.3 Å². The number of carbonyl (C=O) groups excluding carboxylic acids is 1. The quantitative estimate of drug-likeness (QED) is 0.811. The topological polar surface area (TPSA) is 41.1 Å². The first-order valence-corrected chi connectivity index (χ1v) is 6.51. The van der Waals surface area contributed by atoms with E-state index in [0.29, 0.717) is 6.54 Å². The van der Waals surface area contributed by atoms with E-state index in [2.05, 4.69) is 36.6 Å². The van der Waals surface area contributed by atoms with Gasteiger partial charge in [-0.15, -0.1) is 0 Å². The molecule has 0 bridgehead atoms. The van der Waals surface area contributed by atoms with Gasteiger partial charge in [0.2, 0.25) is 5.91 Å². The predicted molar refractivity (Wildman–Crippen MR) is 75.4 cm³/mol. The van der Waals surface area contributed by atoms with Crippen LogP contribution in [-0.4, -0.2) is 18.0 Å². The van der Waals surface area contributed by atoms with Gasteiger partial charge >= 0.3 is 0 Å². The van der Waals surface area contributed by atoms with Crippen molar-refractivity contribution < 1.29 is 4.79 Å². The molecule has 0 saturated heterocycles. The number of hydrogen-bond donors (Lipinski definition) is 2. The number of nitrogens with one attached hydrogen (secondary N) is 2. The van der Waals surface area contributed by atoms with E-state index >= 15 is 0 Å². The molecule has 0 aliphatic heterocycles. The molecule has 0 spiro atoms. The second-order valence-electron chi connectivity index (χ2n) is 5.32. The van der Waals surface area contributed by atoms with Crippen molar-refractivity contribution in [3.8, 4) is 0 Å². The van der Waals surface area contributed by atoms with Gasteiger partial charge in [0.1, 0.15) is 0 Å². The molecular formula is C15H24N2O. The lowest BCUT2D eigenvalue weighted by atomic mass is 10.0. The van der Waals surface area contributed by atoms with Crippen molar-refractivity contribution in [1.29, 1.82) is 0 Å². The summed E-state index contributed by atoms with van der Waals surface area (Å²) in [4.78, 5) is 11.7. The summed E-state index contributed by atoms with van der Waals surface area (Å²) in [5.41, 5.74) is 2.36. The van der Waals surface area contributed by atoms with Gasteiger partial charge in [-0.05, 0) is 38.3 Å². The molecule has 0 heterocycles. The SMILES string of the molecule is CCC(C)(C)NC(=O)CNCc1ccccc1C. The maximum Gasteiger partial charge on any atom is 0.234 e. The lowest BCUT2D eigenvalue weighted by Crippen LogP contribution is -2.46. The first kappa shape index (κ1) is 14.7. The summed E-state index contributed by atoms with van der Waals surface area (Å²) >= 11 is 0. The van der Waals surface area contributed by atoms with Crippen LogP contribution in [0.25, 0.3) is 0 Å². The van der Waals surface area contributed by atoms with E-state index in [1.165, 1.54) is 11.1 Å². The van der Waals surface area contributed by atoms with Gasteiger partial charge in [-0.2, -0.15) is 0 Å². The molecule has 0 fully saturated rings. The van der Waals surface area contributed by atoms with E-state index in [1.54, 1.807) is 0 Å². The Morgan fingerprint density at radius 2 is 1.94 bits per heavy atom. The Bertz CT molecular complexity index is 399. The molecule has 3 nitrogen and oxygen atoms in total. The maximum absolute atomic E-state index is 11.7. The molecular weight excluding hydrogens is 224 g/mol. The van der Waals surface area contributed by atoms with Gasteiger partial charge in [-0.25, -0.2) is 0 Å². The number of amides is 1. The fraction of sp³-hybridized carbons (Fsp3) is 0.533. The van der Waals surface area contributed by atoms with Crippen LogP contribution in [0.3, 0.4) is 0 Å². The summed E-state index contributed by atoms with van der Waals surface area (Å²) in [6, 6.07) is 8.20. The largest absolute Gasteiger partial charge is 0.350 e. The van der Waals surface area contributed by atoms with Crippen molar-refractivity contribution in [2.75, 3.05) is 6.54 Å². The smallest absolute Gasteiger partial charge is 0.234 e. The van der Waals surface area contributed by atoms with Crippen LogP contribution in [0.4, 0.5) is 0 Å².